The molecule has 0 bridgehead atoms. The van der Waals surface area contributed by atoms with Gasteiger partial charge < -0.3 is 5.32 Å². The summed E-state index contributed by atoms with van der Waals surface area (Å²) < 4.78 is 54.6. The molecule has 0 saturated heterocycles. The fraction of sp³-hybridized carbons (Fsp3) is 0.235. The van der Waals surface area contributed by atoms with Crippen LogP contribution in [0.25, 0.3) is 0 Å². The number of anilines is 1. The number of benzene rings is 1. The predicted octanol–water partition coefficient (Wildman–Crippen LogP) is 6.36. The van der Waals surface area contributed by atoms with Crippen LogP contribution < -0.4 is 5.32 Å². The maximum atomic E-state index is 13.2. The summed E-state index contributed by atoms with van der Waals surface area (Å²) in [6.45, 7) is -0.513. The molecule has 0 spiro atoms. The van der Waals surface area contributed by atoms with E-state index in [1.807, 2.05) is 0 Å². The van der Waals surface area contributed by atoms with Crippen molar-refractivity contribution in [1.82, 2.24) is 19.6 Å². The van der Waals surface area contributed by atoms with Crippen LogP contribution >= 0.6 is 50.7 Å². The van der Waals surface area contributed by atoms with Gasteiger partial charge in [-0.15, -0.1) is 0 Å². The number of hydrogen-bond donors (Lipinski definition) is 1. The Morgan fingerprint density at radius 1 is 1.13 bits per heavy atom. The number of carbonyl (C=O) groups is 1. The third-order valence-corrected chi connectivity index (χ3v) is 5.54. The number of hydrogen-bond acceptors (Lipinski definition) is 3. The Morgan fingerprint density at radius 2 is 1.84 bits per heavy atom. The summed E-state index contributed by atoms with van der Waals surface area (Å²) in [5.74, 6) is -0.738. The van der Waals surface area contributed by atoms with Gasteiger partial charge in [0.25, 0.3) is 12.9 Å². The van der Waals surface area contributed by atoms with Crippen molar-refractivity contribution in [2.24, 2.45) is 0 Å². The molecule has 2 aromatic heterocycles. The van der Waals surface area contributed by atoms with E-state index in [1.165, 1.54) is 4.68 Å². The first-order chi connectivity index (χ1) is 14.6. The summed E-state index contributed by atoms with van der Waals surface area (Å²) >= 11 is 20.8. The molecule has 166 valence electrons. The standard InChI is InChI=1S/C17H11BrCl3F4N5O/c18-9-5-29(4-7-1-2-8(19)3-10(7)20)28-17(9)26-11(31)6-30-14(16(24)25)12(21)13(27-30)15(22)23/h1-3,5,15-16H,4,6H2,(H,26,28,31). The van der Waals surface area contributed by atoms with E-state index in [0.29, 0.717) is 24.8 Å². The molecular formula is C17H11BrCl3F4N5O. The highest BCUT2D eigenvalue weighted by Gasteiger charge is 2.29. The van der Waals surface area contributed by atoms with Crippen molar-refractivity contribution in [3.8, 4) is 0 Å². The molecule has 1 N–H and O–H groups in total. The zero-order valence-corrected chi connectivity index (χ0v) is 19.0. The Bertz CT molecular complexity index is 1120. The number of alkyl halides is 4. The maximum absolute atomic E-state index is 13.2. The average molecular weight is 564 g/mol. The molecule has 1 amide bonds. The zero-order chi connectivity index (χ0) is 22.9. The zero-order valence-electron chi connectivity index (χ0n) is 15.1. The lowest BCUT2D eigenvalue weighted by Crippen LogP contribution is -2.21. The summed E-state index contributed by atoms with van der Waals surface area (Å²) in [6, 6.07) is 4.95. The Hall–Kier alpha value is -1.82. The Balaban J connectivity index is 1.75. The van der Waals surface area contributed by atoms with Crippen LogP contribution in [0.15, 0.2) is 28.9 Å². The molecule has 0 aliphatic carbocycles. The van der Waals surface area contributed by atoms with Crippen molar-refractivity contribution in [1.29, 1.82) is 0 Å². The summed E-state index contributed by atoms with van der Waals surface area (Å²) in [6.07, 6.45) is -4.81. The maximum Gasteiger partial charge on any atom is 0.283 e. The number of nitrogens with one attached hydrogen (secondary N) is 1. The van der Waals surface area contributed by atoms with Gasteiger partial charge in [0.15, 0.2) is 5.82 Å². The van der Waals surface area contributed by atoms with Gasteiger partial charge in [-0.2, -0.15) is 10.2 Å². The SMILES string of the molecule is O=C(Cn1nc(C(F)F)c(Cl)c1C(F)F)Nc1nn(Cc2ccc(Cl)cc2Cl)cc1Br. The van der Waals surface area contributed by atoms with Crippen LogP contribution in [0.2, 0.25) is 15.1 Å². The largest absolute Gasteiger partial charge is 0.307 e. The van der Waals surface area contributed by atoms with Crippen molar-refractivity contribution >= 4 is 62.5 Å². The monoisotopic (exact) mass is 561 g/mol. The molecule has 0 fully saturated rings. The fourth-order valence-corrected chi connectivity index (χ4v) is 3.82. The highest BCUT2D eigenvalue weighted by molar-refractivity contribution is 9.10. The molecule has 6 nitrogen and oxygen atoms in total. The second-order valence-corrected chi connectivity index (χ2v) is 8.23. The third-order valence-electron chi connectivity index (χ3n) is 3.99. The Kier molecular flexibility index (Phi) is 7.51. The minimum absolute atomic E-state index is 0.0843. The Morgan fingerprint density at radius 3 is 2.45 bits per heavy atom. The van der Waals surface area contributed by atoms with Gasteiger partial charge >= 0.3 is 0 Å². The molecule has 0 atom stereocenters. The number of amides is 1. The molecule has 0 aliphatic heterocycles. The second-order valence-electron chi connectivity index (χ2n) is 6.15. The van der Waals surface area contributed by atoms with E-state index in [9.17, 15) is 22.4 Å². The fourth-order valence-electron chi connectivity index (χ4n) is 2.64. The van der Waals surface area contributed by atoms with Gasteiger partial charge in [-0.05, 0) is 33.6 Å². The number of aromatic nitrogens is 4. The van der Waals surface area contributed by atoms with Gasteiger partial charge in [0.05, 0.1) is 16.0 Å². The van der Waals surface area contributed by atoms with Crippen molar-refractivity contribution < 1.29 is 22.4 Å². The van der Waals surface area contributed by atoms with Crippen LogP contribution in [-0.4, -0.2) is 25.5 Å². The number of rotatable bonds is 7. The predicted molar refractivity (Wildman–Crippen MR) is 111 cm³/mol. The second kappa shape index (κ2) is 9.76. The van der Waals surface area contributed by atoms with Gasteiger partial charge in [-0.25, -0.2) is 17.6 Å². The van der Waals surface area contributed by atoms with E-state index >= 15 is 0 Å². The molecule has 14 heteroatoms. The van der Waals surface area contributed by atoms with Crippen LogP contribution in [-0.2, 0) is 17.9 Å². The number of carbonyl (C=O) groups excluding carboxylic acids is 1. The van der Waals surface area contributed by atoms with Crippen molar-refractivity contribution in [2.45, 2.75) is 25.9 Å². The highest BCUT2D eigenvalue weighted by Crippen LogP contribution is 2.34. The van der Waals surface area contributed by atoms with E-state index < -0.39 is 41.7 Å². The van der Waals surface area contributed by atoms with Crippen LogP contribution in [0.1, 0.15) is 29.8 Å². The first-order valence-electron chi connectivity index (χ1n) is 8.36. The van der Waals surface area contributed by atoms with E-state index in [4.69, 9.17) is 34.8 Å². The summed E-state index contributed by atoms with van der Waals surface area (Å²) in [7, 11) is 0. The van der Waals surface area contributed by atoms with Crippen LogP contribution in [0.5, 0.6) is 0 Å². The van der Waals surface area contributed by atoms with E-state index in [2.05, 4.69) is 31.4 Å². The molecule has 31 heavy (non-hydrogen) atoms. The van der Waals surface area contributed by atoms with Crippen LogP contribution in [0.3, 0.4) is 0 Å². The molecule has 0 unspecified atom stereocenters. The van der Waals surface area contributed by atoms with Gasteiger partial charge in [-0.1, -0.05) is 40.9 Å². The summed E-state index contributed by atoms with van der Waals surface area (Å²) in [5, 5.41) is 9.95. The van der Waals surface area contributed by atoms with E-state index in [-0.39, 0.29) is 12.4 Å². The minimum Gasteiger partial charge on any atom is -0.307 e. The van der Waals surface area contributed by atoms with Crippen molar-refractivity contribution in [3.63, 3.8) is 0 Å². The first-order valence-corrected chi connectivity index (χ1v) is 10.3. The lowest BCUT2D eigenvalue weighted by Gasteiger charge is -2.07. The normalized spacial score (nSPS) is 11.5. The third kappa shape index (κ3) is 5.51. The number of nitrogens with zero attached hydrogens (tertiary/aromatic N) is 4. The molecule has 3 aromatic rings. The van der Waals surface area contributed by atoms with Gasteiger partial charge in [0.1, 0.15) is 17.9 Å². The van der Waals surface area contributed by atoms with Crippen LogP contribution in [0, 0.1) is 0 Å². The molecule has 3 rings (SSSR count). The lowest BCUT2D eigenvalue weighted by atomic mass is 10.2. The van der Waals surface area contributed by atoms with Gasteiger partial charge in [-0.3, -0.25) is 14.2 Å². The smallest absolute Gasteiger partial charge is 0.283 e. The first kappa shape index (κ1) is 23.8. The average Bonchev–Trinajstić information content (AvgIpc) is 3.16. The Labute approximate surface area is 196 Å². The van der Waals surface area contributed by atoms with Crippen molar-refractivity contribution in [3.05, 3.63) is 60.9 Å². The molecular weight excluding hydrogens is 552 g/mol. The molecule has 2 heterocycles. The number of halogens is 8. The quantitative estimate of drug-likeness (QED) is 0.340. The summed E-state index contributed by atoms with van der Waals surface area (Å²) in [5.41, 5.74) is -1.27. The molecule has 1 aromatic carbocycles. The van der Waals surface area contributed by atoms with Gasteiger partial charge in [0.2, 0.25) is 5.91 Å². The molecule has 0 saturated carbocycles. The topological polar surface area (TPSA) is 64.7 Å². The summed E-state index contributed by atoms with van der Waals surface area (Å²) in [4.78, 5) is 12.3. The van der Waals surface area contributed by atoms with E-state index in [1.54, 1.807) is 24.4 Å². The highest BCUT2D eigenvalue weighted by atomic mass is 79.9. The van der Waals surface area contributed by atoms with Crippen molar-refractivity contribution in [2.75, 3.05) is 5.32 Å². The van der Waals surface area contributed by atoms with E-state index in [0.717, 1.165) is 0 Å². The van der Waals surface area contributed by atoms with Gasteiger partial charge in [0, 0.05) is 16.2 Å². The van der Waals surface area contributed by atoms with Crippen LogP contribution in [0.4, 0.5) is 23.4 Å². The molecule has 0 aliphatic rings. The minimum atomic E-state index is -3.20. The lowest BCUT2D eigenvalue weighted by molar-refractivity contribution is -0.117. The molecule has 0 radical (unpaired) electrons.